The summed E-state index contributed by atoms with van der Waals surface area (Å²) >= 11 is 5.84. The summed E-state index contributed by atoms with van der Waals surface area (Å²) in [6, 6.07) is 13.1. The number of aromatic nitrogens is 1. The molecule has 0 unspecified atom stereocenters. The third-order valence-corrected chi connectivity index (χ3v) is 3.66. The highest BCUT2D eigenvalue weighted by Gasteiger charge is 2.17. The summed E-state index contributed by atoms with van der Waals surface area (Å²) in [5.41, 5.74) is 0.663. The Kier molecular flexibility index (Phi) is 4.31. The number of phenols is 1. The molecule has 0 aliphatic heterocycles. The van der Waals surface area contributed by atoms with Crippen LogP contribution in [0.25, 0.3) is 10.8 Å². The molecule has 24 heavy (non-hydrogen) atoms. The van der Waals surface area contributed by atoms with Crippen LogP contribution in [-0.2, 0) is 9.59 Å². The first-order chi connectivity index (χ1) is 11.6. The number of hydrogen-bond acceptors (Lipinski definition) is 4. The van der Waals surface area contributed by atoms with E-state index in [1.165, 1.54) is 12.3 Å². The number of carbonyl (C=O) groups excluding carboxylic acids is 2. The van der Waals surface area contributed by atoms with Gasteiger partial charge in [0.2, 0.25) is 0 Å². The lowest BCUT2D eigenvalue weighted by atomic mass is 10.1. The molecular formula is C17H12ClN3O3. The van der Waals surface area contributed by atoms with Crippen molar-refractivity contribution in [2.75, 3.05) is 10.6 Å². The second kappa shape index (κ2) is 6.55. The number of pyridine rings is 1. The smallest absolute Gasteiger partial charge is 0.314 e. The first kappa shape index (κ1) is 15.8. The molecule has 0 fully saturated rings. The zero-order chi connectivity index (χ0) is 17.1. The first-order valence-electron chi connectivity index (χ1n) is 7.00. The number of phenolic OH excluding ortho intramolecular Hbond substituents is 1. The Bertz CT molecular complexity index is 943. The van der Waals surface area contributed by atoms with Crippen molar-refractivity contribution in [2.45, 2.75) is 0 Å². The second-order valence-corrected chi connectivity index (χ2v) is 5.29. The van der Waals surface area contributed by atoms with E-state index in [2.05, 4.69) is 15.6 Å². The maximum Gasteiger partial charge on any atom is 0.314 e. The number of fused-ring (bicyclic) bond motifs is 1. The van der Waals surface area contributed by atoms with E-state index in [9.17, 15) is 14.7 Å². The fourth-order valence-corrected chi connectivity index (χ4v) is 2.41. The molecule has 7 heteroatoms. The van der Waals surface area contributed by atoms with Crippen molar-refractivity contribution >= 4 is 45.6 Å². The van der Waals surface area contributed by atoms with Gasteiger partial charge in [-0.25, -0.2) is 4.98 Å². The van der Waals surface area contributed by atoms with Gasteiger partial charge < -0.3 is 15.7 Å². The number of benzene rings is 2. The van der Waals surface area contributed by atoms with E-state index in [0.717, 1.165) is 0 Å². The number of aromatic hydroxyl groups is 1. The fourth-order valence-electron chi connectivity index (χ4n) is 2.24. The van der Waals surface area contributed by atoms with Gasteiger partial charge in [0.1, 0.15) is 5.75 Å². The van der Waals surface area contributed by atoms with Crippen molar-refractivity contribution < 1.29 is 14.7 Å². The number of rotatable bonds is 2. The minimum Gasteiger partial charge on any atom is -0.507 e. The minimum atomic E-state index is -0.873. The van der Waals surface area contributed by atoms with Crippen LogP contribution in [0, 0.1) is 0 Å². The third-order valence-electron chi connectivity index (χ3n) is 3.36. The van der Waals surface area contributed by atoms with Gasteiger partial charge in [-0.3, -0.25) is 9.59 Å². The van der Waals surface area contributed by atoms with Crippen LogP contribution in [0.5, 0.6) is 5.75 Å². The van der Waals surface area contributed by atoms with E-state index in [-0.39, 0.29) is 16.6 Å². The number of amides is 2. The normalized spacial score (nSPS) is 10.4. The molecule has 0 saturated heterocycles. The van der Waals surface area contributed by atoms with Crippen molar-refractivity contribution in [3.8, 4) is 5.75 Å². The highest BCUT2D eigenvalue weighted by Crippen LogP contribution is 2.29. The zero-order valence-electron chi connectivity index (χ0n) is 12.3. The van der Waals surface area contributed by atoms with Crippen LogP contribution in [0.3, 0.4) is 0 Å². The van der Waals surface area contributed by atoms with E-state index in [1.54, 1.807) is 42.5 Å². The van der Waals surface area contributed by atoms with Crippen LogP contribution in [-0.4, -0.2) is 21.9 Å². The first-order valence-corrected chi connectivity index (χ1v) is 7.37. The molecule has 2 aromatic carbocycles. The molecule has 2 amide bonds. The van der Waals surface area contributed by atoms with E-state index < -0.39 is 11.8 Å². The van der Waals surface area contributed by atoms with Gasteiger partial charge >= 0.3 is 11.8 Å². The summed E-state index contributed by atoms with van der Waals surface area (Å²) in [7, 11) is 0. The SMILES string of the molecule is O=C(Nc1cccnc1Cl)C(=O)Nc1cccc2c(O)cccc12. The maximum atomic E-state index is 12.1. The third kappa shape index (κ3) is 3.13. The number of hydrogen-bond donors (Lipinski definition) is 3. The molecule has 6 nitrogen and oxygen atoms in total. The Hall–Kier alpha value is -3.12. The van der Waals surface area contributed by atoms with Crippen molar-refractivity contribution in [3.63, 3.8) is 0 Å². The number of carbonyl (C=O) groups is 2. The number of halogens is 1. The summed E-state index contributed by atoms with van der Waals surface area (Å²) in [6.07, 6.45) is 1.47. The number of nitrogens with zero attached hydrogens (tertiary/aromatic N) is 1. The molecule has 120 valence electrons. The highest BCUT2D eigenvalue weighted by atomic mass is 35.5. The fraction of sp³-hybridized carbons (Fsp3) is 0. The van der Waals surface area contributed by atoms with E-state index in [0.29, 0.717) is 16.5 Å². The molecule has 0 atom stereocenters. The van der Waals surface area contributed by atoms with Crippen molar-refractivity contribution in [1.82, 2.24) is 4.98 Å². The number of nitrogens with one attached hydrogen (secondary N) is 2. The average Bonchev–Trinajstić information content (AvgIpc) is 2.58. The van der Waals surface area contributed by atoms with Crippen LogP contribution in [0.15, 0.2) is 54.7 Å². The Morgan fingerprint density at radius 1 is 0.875 bits per heavy atom. The van der Waals surface area contributed by atoms with Crippen molar-refractivity contribution in [1.29, 1.82) is 0 Å². The van der Waals surface area contributed by atoms with E-state index in [1.807, 2.05) is 0 Å². The van der Waals surface area contributed by atoms with Gasteiger partial charge in [0.25, 0.3) is 0 Å². The summed E-state index contributed by atoms with van der Waals surface area (Å²) in [6.45, 7) is 0. The quantitative estimate of drug-likeness (QED) is 0.493. The molecule has 0 saturated carbocycles. The van der Waals surface area contributed by atoms with Crippen LogP contribution in [0.4, 0.5) is 11.4 Å². The summed E-state index contributed by atoms with van der Waals surface area (Å²) in [5.74, 6) is -1.64. The van der Waals surface area contributed by atoms with Gasteiger partial charge in [-0.2, -0.15) is 0 Å². The molecule has 1 heterocycles. The van der Waals surface area contributed by atoms with Gasteiger partial charge in [0.15, 0.2) is 5.15 Å². The van der Waals surface area contributed by atoms with E-state index in [4.69, 9.17) is 11.6 Å². The van der Waals surface area contributed by atoms with Crippen LogP contribution in [0.2, 0.25) is 5.15 Å². The molecule has 0 radical (unpaired) electrons. The monoisotopic (exact) mass is 341 g/mol. The Labute approximate surface area is 142 Å². The van der Waals surface area contributed by atoms with Gasteiger partial charge in [0, 0.05) is 22.7 Å². The lowest BCUT2D eigenvalue weighted by Gasteiger charge is -2.10. The zero-order valence-corrected chi connectivity index (χ0v) is 13.0. The van der Waals surface area contributed by atoms with Crippen LogP contribution in [0.1, 0.15) is 0 Å². The van der Waals surface area contributed by atoms with Gasteiger partial charge in [-0.15, -0.1) is 0 Å². The molecule has 3 aromatic rings. The van der Waals surface area contributed by atoms with Gasteiger partial charge in [0.05, 0.1) is 5.69 Å². The molecule has 0 aliphatic carbocycles. The lowest BCUT2D eigenvalue weighted by Crippen LogP contribution is -2.29. The molecule has 1 aromatic heterocycles. The maximum absolute atomic E-state index is 12.1. The van der Waals surface area contributed by atoms with Crippen molar-refractivity contribution in [2.24, 2.45) is 0 Å². The molecule has 3 N–H and O–H groups in total. The largest absolute Gasteiger partial charge is 0.507 e. The van der Waals surface area contributed by atoms with E-state index >= 15 is 0 Å². The van der Waals surface area contributed by atoms with Crippen LogP contribution < -0.4 is 10.6 Å². The van der Waals surface area contributed by atoms with Crippen LogP contribution >= 0.6 is 11.6 Å². The predicted molar refractivity (Wildman–Crippen MR) is 92.1 cm³/mol. The summed E-state index contributed by atoms with van der Waals surface area (Å²) in [5, 5.41) is 16.1. The molecule has 3 rings (SSSR count). The second-order valence-electron chi connectivity index (χ2n) is 4.93. The predicted octanol–water partition coefficient (Wildman–Crippen LogP) is 3.17. The summed E-state index contributed by atoms with van der Waals surface area (Å²) in [4.78, 5) is 27.9. The Morgan fingerprint density at radius 2 is 1.50 bits per heavy atom. The van der Waals surface area contributed by atoms with Crippen molar-refractivity contribution in [3.05, 3.63) is 59.9 Å². The molecular weight excluding hydrogens is 330 g/mol. The average molecular weight is 342 g/mol. The topological polar surface area (TPSA) is 91.3 Å². The van der Waals surface area contributed by atoms with Gasteiger partial charge in [-0.05, 0) is 24.3 Å². The Balaban J connectivity index is 1.81. The minimum absolute atomic E-state index is 0.0914. The Morgan fingerprint density at radius 3 is 2.25 bits per heavy atom. The molecule has 0 bridgehead atoms. The highest BCUT2D eigenvalue weighted by molar-refractivity contribution is 6.45. The summed E-state index contributed by atoms with van der Waals surface area (Å²) < 4.78 is 0. The number of anilines is 2. The van der Waals surface area contributed by atoms with Gasteiger partial charge in [-0.1, -0.05) is 35.9 Å². The lowest BCUT2D eigenvalue weighted by molar-refractivity contribution is -0.132. The molecule has 0 spiro atoms. The molecule has 0 aliphatic rings. The standard InChI is InChI=1S/C17H12ClN3O3/c18-15-13(7-3-9-19-15)21-17(24)16(23)20-12-6-1-5-11-10(12)4-2-8-14(11)22/h1-9,22H,(H,20,23)(H,21,24).